The second-order valence-corrected chi connectivity index (χ2v) is 9.77. The van der Waals surface area contributed by atoms with Crippen LogP contribution in [0.25, 0.3) is 0 Å². The zero-order valence-corrected chi connectivity index (χ0v) is 19.4. The summed E-state index contributed by atoms with van der Waals surface area (Å²) in [5.41, 5.74) is 7.45. The molecule has 2 aromatic carbocycles. The first-order valence-electron chi connectivity index (χ1n) is 10.6. The van der Waals surface area contributed by atoms with Crippen molar-refractivity contribution in [3.8, 4) is 5.75 Å². The second-order valence-electron chi connectivity index (χ2n) is 9.77. The molecule has 0 saturated heterocycles. The highest BCUT2D eigenvalue weighted by molar-refractivity contribution is 6.14. The van der Waals surface area contributed by atoms with Crippen LogP contribution in [0.1, 0.15) is 99.2 Å². The summed E-state index contributed by atoms with van der Waals surface area (Å²) in [5.74, 6) is 0.769. The van der Waals surface area contributed by atoms with Crippen molar-refractivity contribution in [1.29, 1.82) is 5.41 Å². The molecule has 0 unspecified atom stereocenters. The number of aromatic hydroxyl groups is 1. The Morgan fingerprint density at radius 2 is 1.55 bits per heavy atom. The molecule has 0 fully saturated rings. The van der Waals surface area contributed by atoms with E-state index >= 15 is 0 Å². The number of hydrogen-bond donors (Lipinski definition) is 2. The Kier molecular flexibility index (Phi) is 6.78. The Labute approximate surface area is 177 Å². The number of phenolic OH excluding ortho intramolecular Hbond substituents is 1. The van der Waals surface area contributed by atoms with Crippen LogP contribution in [0.4, 0.5) is 0 Å². The van der Waals surface area contributed by atoms with E-state index in [4.69, 9.17) is 0 Å². The van der Waals surface area contributed by atoms with Gasteiger partial charge in [-0.1, -0.05) is 72.7 Å². The molecule has 0 amide bonds. The van der Waals surface area contributed by atoms with E-state index in [1.54, 1.807) is 0 Å². The third-order valence-corrected chi connectivity index (χ3v) is 5.57. The van der Waals surface area contributed by atoms with Crippen molar-refractivity contribution in [3.63, 3.8) is 0 Å². The topological polar surface area (TPSA) is 44.1 Å². The molecule has 0 atom stereocenters. The van der Waals surface area contributed by atoms with Gasteiger partial charge < -0.3 is 5.11 Å². The maximum atomic E-state index is 10.9. The van der Waals surface area contributed by atoms with Gasteiger partial charge in [-0.15, -0.1) is 6.58 Å². The molecule has 2 nitrogen and oxygen atoms in total. The van der Waals surface area contributed by atoms with Crippen molar-refractivity contribution in [2.75, 3.05) is 0 Å². The SMILES string of the molecule is C=CCc1cc(C(C)C)c(C(=N)c2cc(C(C)(C)C)cc(C)c2O)c(C(C)C)c1. The van der Waals surface area contributed by atoms with Crippen molar-refractivity contribution in [1.82, 2.24) is 0 Å². The zero-order valence-electron chi connectivity index (χ0n) is 19.4. The predicted molar refractivity (Wildman–Crippen MR) is 126 cm³/mol. The second kappa shape index (κ2) is 8.57. The lowest BCUT2D eigenvalue weighted by atomic mass is 9.80. The summed E-state index contributed by atoms with van der Waals surface area (Å²) in [6, 6.07) is 8.45. The van der Waals surface area contributed by atoms with Gasteiger partial charge in [0.25, 0.3) is 0 Å². The van der Waals surface area contributed by atoms with Crippen LogP contribution >= 0.6 is 0 Å². The van der Waals surface area contributed by atoms with Crippen LogP contribution < -0.4 is 0 Å². The monoisotopic (exact) mass is 391 g/mol. The maximum Gasteiger partial charge on any atom is 0.127 e. The minimum atomic E-state index is -0.0525. The highest BCUT2D eigenvalue weighted by Crippen LogP contribution is 2.36. The third-order valence-electron chi connectivity index (χ3n) is 5.57. The molecule has 0 radical (unpaired) electrons. The normalized spacial score (nSPS) is 11.9. The first-order chi connectivity index (χ1) is 13.4. The summed E-state index contributed by atoms with van der Waals surface area (Å²) in [7, 11) is 0. The number of allylic oxidation sites excluding steroid dienone is 1. The van der Waals surface area contributed by atoms with Gasteiger partial charge in [-0.3, -0.25) is 5.41 Å². The Balaban J connectivity index is 2.82. The lowest BCUT2D eigenvalue weighted by Crippen LogP contribution is -2.16. The van der Waals surface area contributed by atoms with Crippen LogP contribution in [0, 0.1) is 12.3 Å². The van der Waals surface area contributed by atoms with E-state index in [0.29, 0.717) is 11.3 Å². The van der Waals surface area contributed by atoms with E-state index in [9.17, 15) is 10.5 Å². The highest BCUT2D eigenvalue weighted by atomic mass is 16.3. The van der Waals surface area contributed by atoms with Gasteiger partial charge in [0.2, 0.25) is 0 Å². The number of phenols is 1. The van der Waals surface area contributed by atoms with Gasteiger partial charge in [0.1, 0.15) is 5.75 Å². The molecule has 0 aliphatic carbocycles. The number of rotatable bonds is 6. The zero-order chi connectivity index (χ0) is 22.1. The molecule has 0 heterocycles. The molecular formula is C27H37NO. The average molecular weight is 392 g/mol. The standard InChI is InChI=1S/C27H37NO/c1-10-11-19-13-21(16(2)3)24(22(14-19)17(4)5)25(28)23-15-20(27(7,8)9)12-18(6)26(23)29/h10,12-17,28-29H,1,11H2,2-9H3. The fourth-order valence-corrected chi connectivity index (χ4v) is 3.77. The Hall–Kier alpha value is -2.35. The van der Waals surface area contributed by atoms with Crippen molar-refractivity contribution < 1.29 is 5.11 Å². The van der Waals surface area contributed by atoms with Gasteiger partial charge in [-0.25, -0.2) is 0 Å². The molecule has 2 heteroatoms. The molecular weight excluding hydrogens is 354 g/mol. The number of nitrogens with one attached hydrogen (secondary N) is 1. The predicted octanol–water partition coefficient (Wildman–Crippen LogP) is 7.39. The molecule has 2 N–H and O–H groups in total. The third kappa shape index (κ3) is 4.80. The fraction of sp³-hybridized carbons (Fsp3) is 0.444. The summed E-state index contributed by atoms with van der Waals surface area (Å²) in [4.78, 5) is 0. The van der Waals surface area contributed by atoms with Crippen LogP contribution in [-0.4, -0.2) is 10.8 Å². The van der Waals surface area contributed by atoms with Crippen LogP contribution in [0.5, 0.6) is 5.75 Å². The molecule has 0 bridgehead atoms. The summed E-state index contributed by atoms with van der Waals surface area (Å²) >= 11 is 0. The van der Waals surface area contributed by atoms with E-state index in [1.165, 1.54) is 5.56 Å². The van der Waals surface area contributed by atoms with Gasteiger partial charge >= 0.3 is 0 Å². The number of benzene rings is 2. The number of hydrogen-bond acceptors (Lipinski definition) is 2. The van der Waals surface area contributed by atoms with Gasteiger partial charge in [0.05, 0.1) is 5.71 Å². The molecule has 156 valence electrons. The maximum absolute atomic E-state index is 10.9. The average Bonchev–Trinajstić information content (AvgIpc) is 2.61. The first kappa shape index (κ1) is 22.9. The summed E-state index contributed by atoms with van der Waals surface area (Å²) in [6.07, 6.45) is 2.74. The number of aryl methyl sites for hydroxylation is 1. The Bertz CT molecular complexity index is 897. The fourth-order valence-electron chi connectivity index (χ4n) is 3.77. The van der Waals surface area contributed by atoms with Crippen molar-refractivity contribution in [3.05, 3.63) is 75.9 Å². The minimum Gasteiger partial charge on any atom is -0.507 e. The largest absolute Gasteiger partial charge is 0.507 e. The van der Waals surface area contributed by atoms with E-state index < -0.39 is 0 Å². The summed E-state index contributed by atoms with van der Waals surface area (Å²) in [6.45, 7) is 21.0. The highest BCUT2D eigenvalue weighted by Gasteiger charge is 2.24. The van der Waals surface area contributed by atoms with Crippen molar-refractivity contribution >= 4 is 5.71 Å². The molecule has 2 aromatic rings. The van der Waals surface area contributed by atoms with Crippen molar-refractivity contribution in [2.45, 2.75) is 79.1 Å². The van der Waals surface area contributed by atoms with Gasteiger partial charge in [-0.05, 0) is 64.5 Å². The van der Waals surface area contributed by atoms with Crippen LogP contribution in [-0.2, 0) is 11.8 Å². The van der Waals surface area contributed by atoms with Crippen molar-refractivity contribution in [2.24, 2.45) is 0 Å². The lowest BCUT2D eigenvalue weighted by Gasteiger charge is -2.25. The molecule has 0 aliphatic rings. The molecule has 0 saturated carbocycles. The molecule has 0 aliphatic heterocycles. The van der Waals surface area contributed by atoms with Crippen LogP contribution in [0.2, 0.25) is 0 Å². The molecule has 0 aromatic heterocycles. The lowest BCUT2D eigenvalue weighted by molar-refractivity contribution is 0.468. The summed E-state index contributed by atoms with van der Waals surface area (Å²) < 4.78 is 0. The van der Waals surface area contributed by atoms with Crippen LogP contribution in [0.3, 0.4) is 0 Å². The van der Waals surface area contributed by atoms with E-state index in [2.05, 4.69) is 67.2 Å². The Morgan fingerprint density at radius 1 is 1.03 bits per heavy atom. The molecule has 29 heavy (non-hydrogen) atoms. The van der Waals surface area contributed by atoms with Gasteiger partial charge in [0, 0.05) is 11.1 Å². The van der Waals surface area contributed by atoms with Gasteiger partial charge in [0.15, 0.2) is 0 Å². The van der Waals surface area contributed by atoms with Gasteiger partial charge in [-0.2, -0.15) is 0 Å². The summed E-state index contributed by atoms with van der Waals surface area (Å²) in [5, 5.41) is 20.0. The molecule has 0 spiro atoms. The minimum absolute atomic E-state index is 0.0525. The smallest absolute Gasteiger partial charge is 0.127 e. The molecule has 2 rings (SSSR count). The van der Waals surface area contributed by atoms with Crippen LogP contribution in [0.15, 0.2) is 36.9 Å². The van der Waals surface area contributed by atoms with E-state index in [-0.39, 0.29) is 23.0 Å². The quantitative estimate of drug-likeness (QED) is 0.391. The Morgan fingerprint density at radius 3 is 1.97 bits per heavy atom. The van der Waals surface area contributed by atoms with E-state index in [0.717, 1.165) is 34.2 Å². The van der Waals surface area contributed by atoms with E-state index in [1.807, 2.05) is 25.1 Å². The first-order valence-corrected chi connectivity index (χ1v) is 10.6.